The van der Waals surface area contributed by atoms with E-state index in [4.69, 9.17) is 10.4 Å². The van der Waals surface area contributed by atoms with Crippen molar-refractivity contribution in [3.63, 3.8) is 0 Å². The van der Waals surface area contributed by atoms with Crippen molar-refractivity contribution in [1.82, 2.24) is 0 Å². The summed E-state index contributed by atoms with van der Waals surface area (Å²) in [7, 11) is -3.68. The Balaban J connectivity index is 2.17. The number of aliphatic imine (C=N–C) groups is 1. The first-order valence-electron chi connectivity index (χ1n) is 5.66. The molecule has 0 saturated carbocycles. The number of sulfonamides is 1. The highest BCUT2D eigenvalue weighted by molar-refractivity contribution is 7.89. The molecular weight excluding hydrogens is 274 g/mol. The van der Waals surface area contributed by atoms with Crippen LogP contribution in [0.15, 0.2) is 58.4 Å². The van der Waals surface area contributed by atoms with Crippen LogP contribution in [0.3, 0.4) is 0 Å². The average molecular weight is 285 g/mol. The first-order valence-corrected chi connectivity index (χ1v) is 7.21. The molecule has 5 nitrogen and oxygen atoms in total. The van der Waals surface area contributed by atoms with E-state index in [0.717, 1.165) is 5.56 Å². The van der Waals surface area contributed by atoms with Crippen LogP contribution in [-0.2, 0) is 10.0 Å². The van der Waals surface area contributed by atoms with Gasteiger partial charge in [-0.3, -0.25) is 4.99 Å². The molecule has 20 heavy (non-hydrogen) atoms. The van der Waals surface area contributed by atoms with Crippen LogP contribution in [0.2, 0.25) is 0 Å². The molecule has 6 heteroatoms. The summed E-state index contributed by atoms with van der Waals surface area (Å²) < 4.78 is 22.2. The van der Waals surface area contributed by atoms with E-state index in [9.17, 15) is 8.42 Å². The lowest BCUT2D eigenvalue weighted by Gasteiger charge is -1.98. The predicted octanol–water partition coefficient (Wildman–Crippen LogP) is 1.96. The second-order valence-electron chi connectivity index (χ2n) is 4.03. The Labute approximate surface area is 117 Å². The van der Waals surface area contributed by atoms with Gasteiger partial charge in [0, 0.05) is 6.21 Å². The van der Waals surface area contributed by atoms with E-state index in [2.05, 4.69) is 4.99 Å². The van der Waals surface area contributed by atoms with E-state index in [1.54, 1.807) is 42.6 Å². The SMILES string of the molecule is N#Cc1ccc(C=Nc2ccc(S(N)(=O)=O)cc2)cc1. The second-order valence-corrected chi connectivity index (χ2v) is 5.59. The molecule has 0 saturated heterocycles. The highest BCUT2D eigenvalue weighted by Crippen LogP contribution is 2.15. The minimum atomic E-state index is -3.68. The zero-order chi connectivity index (χ0) is 14.6. The standard InChI is InChI=1S/C14H11N3O2S/c15-9-11-1-3-12(4-2-11)10-17-13-5-7-14(8-6-13)20(16,18)19/h1-8,10H,(H2,16,18,19). The van der Waals surface area contributed by atoms with Crippen molar-refractivity contribution in [2.24, 2.45) is 10.1 Å². The Hall–Kier alpha value is -2.49. The number of nitriles is 1. The van der Waals surface area contributed by atoms with Gasteiger partial charge in [0.1, 0.15) is 0 Å². The molecule has 0 aliphatic rings. The molecule has 2 aromatic carbocycles. The van der Waals surface area contributed by atoms with Gasteiger partial charge in [-0.25, -0.2) is 13.6 Å². The van der Waals surface area contributed by atoms with E-state index in [-0.39, 0.29) is 4.90 Å². The Morgan fingerprint density at radius 2 is 1.65 bits per heavy atom. The van der Waals surface area contributed by atoms with Crippen LogP contribution in [0.4, 0.5) is 5.69 Å². The van der Waals surface area contributed by atoms with Crippen molar-refractivity contribution < 1.29 is 8.42 Å². The Bertz CT molecular complexity index is 771. The summed E-state index contributed by atoms with van der Waals surface area (Å²) in [5, 5.41) is 13.7. The quantitative estimate of drug-likeness (QED) is 0.873. The highest BCUT2D eigenvalue weighted by Gasteiger charge is 2.05. The van der Waals surface area contributed by atoms with Gasteiger partial charge in [-0.1, -0.05) is 12.1 Å². The van der Waals surface area contributed by atoms with Gasteiger partial charge in [-0.2, -0.15) is 5.26 Å². The van der Waals surface area contributed by atoms with Crippen LogP contribution in [-0.4, -0.2) is 14.6 Å². The third-order valence-electron chi connectivity index (χ3n) is 2.57. The van der Waals surface area contributed by atoms with Crippen molar-refractivity contribution in [3.8, 4) is 6.07 Å². The topological polar surface area (TPSA) is 96.3 Å². The highest BCUT2D eigenvalue weighted by atomic mass is 32.2. The number of nitrogens with two attached hydrogens (primary N) is 1. The summed E-state index contributed by atoms with van der Waals surface area (Å²) in [6.07, 6.45) is 1.63. The van der Waals surface area contributed by atoms with Crippen LogP contribution in [0.1, 0.15) is 11.1 Å². The Kier molecular flexibility index (Phi) is 3.94. The summed E-state index contributed by atoms with van der Waals surface area (Å²) in [4.78, 5) is 4.26. The number of benzene rings is 2. The molecule has 0 aromatic heterocycles. The zero-order valence-electron chi connectivity index (χ0n) is 10.4. The molecule has 0 atom stereocenters. The number of hydrogen-bond acceptors (Lipinski definition) is 4. The van der Waals surface area contributed by atoms with Gasteiger partial charge in [0.05, 0.1) is 22.2 Å². The lowest BCUT2D eigenvalue weighted by atomic mass is 10.2. The van der Waals surface area contributed by atoms with Gasteiger partial charge < -0.3 is 0 Å². The minimum absolute atomic E-state index is 0.0508. The summed E-state index contributed by atoms with van der Waals surface area (Å²) in [6, 6.07) is 14.9. The van der Waals surface area contributed by atoms with Crippen LogP contribution in [0, 0.1) is 11.3 Å². The van der Waals surface area contributed by atoms with E-state index < -0.39 is 10.0 Å². The van der Waals surface area contributed by atoms with E-state index in [1.165, 1.54) is 12.1 Å². The molecule has 2 aromatic rings. The van der Waals surface area contributed by atoms with Gasteiger partial charge in [0.25, 0.3) is 0 Å². The average Bonchev–Trinajstić information content (AvgIpc) is 2.45. The first-order chi connectivity index (χ1) is 9.49. The molecule has 0 amide bonds. The van der Waals surface area contributed by atoms with Crippen molar-refractivity contribution >= 4 is 21.9 Å². The summed E-state index contributed by atoms with van der Waals surface area (Å²) in [5.41, 5.74) is 2.04. The van der Waals surface area contributed by atoms with E-state index in [0.29, 0.717) is 11.3 Å². The predicted molar refractivity (Wildman–Crippen MR) is 76.2 cm³/mol. The maximum atomic E-state index is 11.1. The van der Waals surface area contributed by atoms with Crippen molar-refractivity contribution in [2.75, 3.05) is 0 Å². The summed E-state index contributed by atoms with van der Waals surface area (Å²) in [6.45, 7) is 0. The molecule has 0 heterocycles. The molecule has 0 spiro atoms. The van der Waals surface area contributed by atoms with Gasteiger partial charge in [-0.05, 0) is 42.0 Å². The molecule has 0 fully saturated rings. The van der Waals surface area contributed by atoms with Gasteiger partial charge in [-0.15, -0.1) is 0 Å². The smallest absolute Gasteiger partial charge is 0.238 e. The maximum absolute atomic E-state index is 11.1. The minimum Gasteiger partial charge on any atom is -0.256 e. The fraction of sp³-hybridized carbons (Fsp3) is 0. The Morgan fingerprint density at radius 3 is 2.15 bits per heavy atom. The summed E-state index contributed by atoms with van der Waals surface area (Å²) >= 11 is 0. The Morgan fingerprint density at radius 1 is 1.05 bits per heavy atom. The first kappa shape index (κ1) is 13.9. The van der Waals surface area contributed by atoms with Crippen LogP contribution >= 0.6 is 0 Å². The fourth-order valence-electron chi connectivity index (χ4n) is 1.51. The number of rotatable bonds is 3. The fourth-order valence-corrected chi connectivity index (χ4v) is 2.03. The number of hydrogen-bond donors (Lipinski definition) is 1. The molecule has 0 unspecified atom stereocenters. The van der Waals surface area contributed by atoms with Crippen LogP contribution < -0.4 is 5.14 Å². The van der Waals surface area contributed by atoms with Gasteiger partial charge in [0.2, 0.25) is 10.0 Å². The molecule has 2 N–H and O–H groups in total. The normalized spacial score (nSPS) is 11.4. The van der Waals surface area contributed by atoms with E-state index >= 15 is 0 Å². The lowest BCUT2D eigenvalue weighted by Crippen LogP contribution is -2.11. The van der Waals surface area contributed by atoms with Crippen LogP contribution in [0.25, 0.3) is 0 Å². The third kappa shape index (κ3) is 3.51. The second kappa shape index (κ2) is 5.65. The molecule has 0 aliphatic heterocycles. The van der Waals surface area contributed by atoms with Crippen molar-refractivity contribution in [2.45, 2.75) is 4.90 Å². The zero-order valence-corrected chi connectivity index (χ0v) is 11.2. The maximum Gasteiger partial charge on any atom is 0.238 e. The molecule has 0 radical (unpaired) electrons. The van der Waals surface area contributed by atoms with Crippen LogP contribution in [0.5, 0.6) is 0 Å². The van der Waals surface area contributed by atoms with Crippen molar-refractivity contribution in [1.29, 1.82) is 5.26 Å². The summed E-state index contributed by atoms with van der Waals surface area (Å²) in [5.74, 6) is 0. The van der Waals surface area contributed by atoms with Gasteiger partial charge >= 0.3 is 0 Å². The number of primary sulfonamides is 1. The molecule has 100 valence electrons. The third-order valence-corrected chi connectivity index (χ3v) is 3.50. The molecule has 0 aliphatic carbocycles. The monoisotopic (exact) mass is 285 g/mol. The number of nitrogens with zero attached hydrogens (tertiary/aromatic N) is 2. The van der Waals surface area contributed by atoms with Gasteiger partial charge in [0.15, 0.2) is 0 Å². The van der Waals surface area contributed by atoms with E-state index in [1.807, 2.05) is 6.07 Å². The van der Waals surface area contributed by atoms with Crippen molar-refractivity contribution in [3.05, 3.63) is 59.7 Å². The molecular formula is C14H11N3O2S. The molecule has 0 bridgehead atoms. The molecule has 2 rings (SSSR count). The largest absolute Gasteiger partial charge is 0.256 e. The lowest BCUT2D eigenvalue weighted by molar-refractivity contribution is 0.598.